The number of alkyl halides is 1. The third kappa shape index (κ3) is 3.10. The highest BCUT2D eigenvalue weighted by Crippen LogP contribution is 2.18. The van der Waals surface area contributed by atoms with Gasteiger partial charge in [0.1, 0.15) is 0 Å². The number of morpholine rings is 1. The van der Waals surface area contributed by atoms with Gasteiger partial charge < -0.3 is 9.64 Å². The number of rotatable bonds is 3. The second kappa shape index (κ2) is 6.50. The minimum absolute atomic E-state index is 0.00855. The van der Waals surface area contributed by atoms with Crippen LogP contribution < -0.4 is 0 Å². The van der Waals surface area contributed by atoms with Crippen LogP contribution >= 0.6 is 11.6 Å². The number of hydrogen-bond acceptors (Lipinski definition) is 4. The monoisotopic (exact) mass is 297 g/mol. The predicted octanol–water partition coefficient (Wildman–Crippen LogP) is 1.82. The summed E-state index contributed by atoms with van der Waals surface area (Å²) in [6.45, 7) is 6.83. The molecule has 1 fully saturated rings. The van der Waals surface area contributed by atoms with Crippen molar-refractivity contribution in [2.24, 2.45) is 0 Å². The van der Waals surface area contributed by atoms with Crippen molar-refractivity contribution in [2.45, 2.75) is 39.3 Å². The molecule has 6 heteroatoms. The molecule has 1 aliphatic heterocycles. The van der Waals surface area contributed by atoms with Crippen molar-refractivity contribution in [3.8, 4) is 0 Å². The molecule has 1 aliphatic rings. The first kappa shape index (κ1) is 15.2. The molecule has 0 saturated carbocycles. The maximum absolute atomic E-state index is 12.8. The average Bonchev–Trinajstić information content (AvgIpc) is 2.47. The van der Waals surface area contributed by atoms with Crippen molar-refractivity contribution in [1.29, 1.82) is 0 Å². The SMILES string of the molecule is CCc1nnc(C)cc1C(=O)N1CC(CCl)OCC1C. The Morgan fingerprint density at radius 3 is 2.95 bits per heavy atom. The van der Waals surface area contributed by atoms with Gasteiger partial charge in [0.2, 0.25) is 0 Å². The number of carbonyl (C=O) groups excluding carboxylic acids is 1. The van der Waals surface area contributed by atoms with Gasteiger partial charge in [0.25, 0.3) is 5.91 Å². The van der Waals surface area contributed by atoms with Gasteiger partial charge in [-0.05, 0) is 26.3 Å². The third-order valence-electron chi connectivity index (χ3n) is 3.50. The fourth-order valence-corrected chi connectivity index (χ4v) is 2.50. The number of halogens is 1. The Hall–Kier alpha value is -1.20. The van der Waals surface area contributed by atoms with Crippen molar-refractivity contribution in [3.63, 3.8) is 0 Å². The molecule has 2 atom stereocenters. The molecule has 1 aromatic heterocycles. The number of ether oxygens (including phenoxy) is 1. The molecule has 2 rings (SSSR count). The minimum atomic E-state index is -0.0993. The van der Waals surface area contributed by atoms with E-state index in [0.717, 1.165) is 11.4 Å². The zero-order valence-corrected chi connectivity index (χ0v) is 12.9. The molecule has 0 spiro atoms. The molecule has 1 saturated heterocycles. The number of hydrogen-bond donors (Lipinski definition) is 0. The fraction of sp³-hybridized carbons (Fsp3) is 0.643. The smallest absolute Gasteiger partial charge is 0.256 e. The first-order chi connectivity index (χ1) is 9.56. The quantitative estimate of drug-likeness (QED) is 0.799. The summed E-state index contributed by atoms with van der Waals surface area (Å²) in [7, 11) is 0. The van der Waals surface area contributed by atoms with E-state index in [1.54, 1.807) is 0 Å². The van der Waals surface area contributed by atoms with Crippen molar-refractivity contribution in [2.75, 3.05) is 19.0 Å². The lowest BCUT2D eigenvalue weighted by Crippen LogP contribution is -2.51. The average molecular weight is 298 g/mol. The van der Waals surface area contributed by atoms with Gasteiger partial charge in [-0.15, -0.1) is 11.6 Å². The molecule has 0 aliphatic carbocycles. The van der Waals surface area contributed by atoms with Crippen LogP contribution in [-0.4, -0.2) is 52.2 Å². The number of nitrogens with zero attached hydrogens (tertiary/aromatic N) is 3. The summed E-state index contributed by atoms with van der Waals surface area (Å²) in [5.74, 6) is 0.385. The maximum Gasteiger partial charge on any atom is 0.256 e. The first-order valence-electron chi connectivity index (χ1n) is 6.88. The van der Waals surface area contributed by atoms with Crippen LogP contribution in [0.4, 0.5) is 0 Å². The molecule has 2 unspecified atom stereocenters. The van der Waals surface area contributed by atoms with Gasteiger partial charge in [-0.1, -0.05) is 6.92 Å². The third-order valence-corrected chi connectivity index (χ3v) is 3.84. The van der Waals surface area contributed by atoms with Gasteiger partial charge in [-0.2, -0.15) is 10.2 Å². The molecule has 0 bridgehead atoms. The molecule has 0 radical (unpaired) electrons. The van der Waals surface area contributed by atoms with E-state index in [-0.39, 0.29) is 18.1 Å². The van der Waals surface area contributed by atoms with Crippen molar-refractivity contribution < 1.29 is 9.53 Å². The van der Waals surface area contributed by atoms with Crippen LogP contribution in [0.25, 0.3) is 0 Å². The number of aromatic nitrogens is 2. The van der Waals surface area contributed by atoms with Crippen molar-refractivity contribution >= 4 is 17.5 Å². The van der Waals surface area contributed by atoms with E-state index in [2.05, 4.69) is 10.2 Å². The molecule has 1 aromatic rings. The Balaban J connectivity index is 2.27. The predicted molar refractivity (Wildman–Crippen MR) is 77.1 cm³/mol. The van der Waals surface area contributed by atoms with Gasteiger partial charge in [0.15, 0.2) is 0 Å². The first-order valence-corrected chi connectivity index (χ1v) is 7.42. The Morgan fingerprint density at radius 2 is 2.30 bits per heavy atom. The summed E-state index contributed by atoms with van der Waals surface area (Å²) in [4.78, 5) is 14.6. The zero-order chi connectivity index (χ0) is 14.7. The van der Waals surface area contributed by atoms with Gasteiger partial charge in [-0.25, -0.2) is 0 Å². The highest BCUT2D eigenvalue weighted by molar-refractivity contribution is 6.18. The lowest BCUT2D eigenvalue weighted by Gasteiger charge is -2.37. The Morgan fingerprint density at radius 1 is 1.55 bits per heavy atom. The number of carbonyl (C=O) groups is 1. The second-order valence-electron chi connectivity index (χ2n) is 5.12. The highest BCUT2D eigenvalue weighted by Gasteiger charge is 2.31. The molecule has 1 amide bonds. The summed E-state index contributed by atoms with van der Waals surface area (Å²) in [6, 6.07) is 1.85. The molecule has 110 valence electrons. The second-order valence-corrected chi connectivity index (χ2v) is 5.42. The maximum atomic E-state index is 12.8. The summed E-state index contributed by atoms with van der Waals surface area (Å²) < 4.78 is 5.58. The van der Waals surface area contributed by atoms with E-state index in [0.29, 0.717) is 31.0 Å². The van der Waals surface area contributed by atoms with Gasteiger partial charge in [-0.3, -0.25) is 4.79 Å². The molecule has 2 heterocycles. The number of amides is 1. The highest BCUT2D eigenvalue weighted by atomic mass is 35.5. The van der Waals surface area contributed by atoms with E-state index >= 15 is 0 Å². The molecule has 0 aromatic carbocycles. The molecule has 5 nitrogen and oxygen atoms in total. The van der Waals surface area contributed by atoms with E-state index in [1.165, 1.54) is 0 Å². The zero-order valence-electron chi connectivity index (χ0n) is 12.1. The lowest BCUT2D eigenvalue weighted by atomic mass is 10.1. The van der Waals surface area contributed by atoms with E-state index < -0.39 is 0 Å². The lowest BCUT2D eigenvalue weighted by molar-refractivity contribution is -0.0372. The van der Waals surface area contributed by atoms with Gasteiger partial charge >= 0.3 is 0 Å². The van der Waals surface area contributed by atoms with E-state index in [1.807, 2.05) is 31.7 Å². The fourth-order valence-electron chi connectivity index (χ4n) is 2.31. The van der Waals surface area contributed by atoms with Crippen LogP contribution in [0, 0.1) is 6.92 Å². The van der Waals surface area contributed by atoms with Crippen LogP contribution in [0.2, 0.25) is 0 Å². The summed E-state index contributed by atoms with van der Waals surface area (Å²) in [5.41, 5.74) is 2.13. The molecular formula is C14H20ClN3O2. The van der Waals surface area contributed by atoms with Crippen molar-refractivity contribution in [1.82, 2.24) is 15.1 Å². The van der Waals surface area contributed by atoms with Gasteiger partial charge in [0.05, 0.1) is 41.6 Å². The van der Waals surface area contributed by atoms with E-state index in [4.69, 9.17) is 16.3 Å². The molecule has 0 N–H and O–H groups in total. The van der Waals surface area contributed by atoms with Crippen molar-refractivity contribution in [3.05, 3.63) is 23.0 Å². The van der Waals surface area contributed by atoms with Crippen LogP contribution in [0.5, 0.6) is 0 Å². The topological polar surface area (TPSA) is 55.3 Å². The Kier molecular flexibility index (Phi) is 4.94. The van der Waals surface area contributed by atoms with E-state index in [9.17, 15) is 4.79 Å². The van der Waals surface area contributed by atoms with Crippen LogP contribution in [0.15, 0.2) is 6.07 Å². The molecular weight excluding hydrogens is 278 g/mol. The summed E-state index contributed by atoms with van der Waals surface area (Å²) in [5, 5.41) is 8.14. The minimum Gasteiger partial charge on any atom is -0.373 e. The molecule has 20 heavy (non-hydrogen) atoms. The van der Waals surface area contributed by atoms with Crippen LogP contribution in [0.1, 0.15) is 35.6 Å². The Labute approximate surface area is 124 Å². The van der Waals surface area contributed by atoms with Crippen LogP contribution in [0.3, 0.4) is 0 Å². The summed E-state index contributed by atoms with van der Waals surface area (Å²) >= 11 is 5.84. The normalized spacial score (nSPS) is 22.9. The number of aryl methyl sites for hydroxylation is 2. The van der Waals surface area contributed by atoms with Gasteiger partial charge in [0, 0.05) is 6.54 Å². The van der Waals surface area contributed by atoms with Crippen LogP contribution in [-0.2, 0) is 11.2 Å². The standard InChI is InChI=1S/C14H20ClN3O2/c1-4-13-12(5-9(2)16-17-13)14(19)18-7-11(6-15)20-8-10(18)3/h5,10-11H,4,6-8H2,1-3H3. The largest absolute Gasteiger partial charge is 0.373 e. The Bertz CT molecular complexity index is 495. The summed E-state index contributed by atoms with van der Waals surface area (Å²) in [6.07, 6.45) is 0.587.